The van der Waals surface area contributed by atoms with Crippen molar-refractivity contribution < 1.29 is 13.2 Å². The molecule has 28 heavy (non-hydrogen) atoms. The second-order valence-electron chi connectivity index (χ2n) is 6.67. The van der Waals surface area contributed by atoms with Crippen LogP contribution in [0.3, 0.4) is 0 Å². The van der Waals surface area contributed by atoms with Crippen LogP contribution in [0.2, 0.25) is 0 Å². The van der Waals surface area contributed by atoms with E-state index in [4.69, 9.17) is 0 Å². The molecule has 1 aromatic heterocycles. The van der Waals surface area contributed by atoms with Crippen molar-refractivity contribution in [2.24, 2.45) is 0 Å². The van der Waals surface area contributed by atoms with Gasteiger partial charge in [-0.3, -0.25) is 9.52 Å². The highest BCUT2D eigenvalue weighted by Gasteiger charge is 2.16. The van der Waals surface area contributed by atoms with Crippen LogP contribution in [-0.4, -0.2) is 14.3 Å². The van der Waals surface area contributed by atoms with Gasteiger partial charge in [-0.25, -0.2) is 8.42 Å². The summed E-state index contributed by atoms with van der Waals surface area (Å²) >= 11 is 1.15. The molecule has 0 aliphatic carbocycles. The highest BCUT2D eigenvalue weighted by molar-refractivity contribution is 7.94. The number of carbonyl (C=O) groups excluding carboxylic acids is 1. The molecule has 146 valence electrons. The number of carbonyl (C=O) groups is 1. The minimum absolute atomic E-state index is 0.134. The predicted octanol–water partition coefficient (Wildman–Crippen LogP) is 4.66. The van der Waals surface area contributed by atoms with E-state index in [0.717, 1.165) is 22.5 Å². The Kier molecular flexibility index (Phi) is 5.86. The first-order valence-electron chi connectivity index (χ1n) is 8.80. The summed E-state index contributed by atoms with van der Waals surface area (Å²) in [6.45, 7) is 6.01. The Morgan fingerprint density at radius 3 is 2.36 bits per heavy atom. The zero-order valence-electron chi connectivity index (χ0n) is 15.9. The van der Waals surface area contributed by atoms with E-state index in [9.17, 15) is 13.2 Å². The number of hydrogen-bond donors (Lipinski definition) is 2. The van der Waals surface area contributed by atoms with Gasteiger partial charge in [-0.1, -0.05) is 29.8 Å². The van der Waals surface area contributed by atoms with Crippen LogP contribution in [-0.2, 0) is 10.0 Å². The quantitative estimate of drug-likeness (QED) is 0.616. The third-order valence-electron chi connectivity index (χ3n) is 4.40. The lowest BCUT2D eigenvalue weighted by Crippen LogP contribution is -2.27. The SMILES string of the molecule is Cc1ccc(C(C)NC(=O)c2ccc(NS(=O)(=O)c3cccs3)cc2)c(C)c1. The maximum atomic E-state index is 12.5. The first-order chi connectivity index (χ1) is 13.3. The lowest BCUT2D eigenvalue weighted by atomic mass is 10.00. The van der Waals surface area contributed by atoms with Crippen LogP contribution in [0.5, 0.6) is 0 Å². The minimum atomic E-state index is -3.60. The van der Waals surface area contributed by atoms with Crippen molar-refractivity contribution in [3.05, 3.63) is 82.2 Å². The van der Waals surface area contributed by atoms with Crippen molar-refractivity contribution in [1.82, 2.24) is 5.32 Å². The molecule has 3 rings (SSSR count). The Balaban J connectivity index is 1.68. The predicted molar refractivity (Wildman–Crippen MR) is 113 cm³/mol. The van der Waals surface area contributed by atoms with Crippen molar-refractivity contribution in [3.63, 3.8) is 0 Å². The van der Waals surface area contributed by atoms with Crippen LogP contribution in [0, 0.1) is 13.8 Å². The molecule has 0 saturated carbocycles. The summed E-state index contributed by atoms with van der Waals surface area (Å²) in [6.07, 6.45) is 0. The Morgan fingerprint density at radius 2 is 1.75 bits per heavy atom. The summed E-state index contributed by atoms with van der Waals surface area (Å²) < 4.78 is 27.3. The third kappa shape index (κ3) is 4.61. The van der Waals surface area contributed by atoms with Crippen LogP contribution in [0.1, 0.15) is 40.0 Å². The molecule has 2 N–H and O–H groups in total. The van der Waals surface area contributed by atoms with Gasteiger partial charge in [-0.15, -0.1) is 11.3 Å². The van der Waals surface area contributed by atoms with Crippen LogP contribution in [0.25, 0.3) is 0 Å². The molecule has 7 heteroatoms. The number of anilines is 1. The molecule has 0 aliphatic heterocycles. The van der Waals surface area contributed by atoms with Gasteiger partial charge in [0.25, 0.3) is 15.9 Å². The molecule has 1 amide bonds. The van der Waals surface area contributed by atoms with Crippen molar-refractivity contribution in [2.75, 3.05) is 4.72 Å². The zero-order valence-corrected chi connectivity index (χ0v) is 17.5. The van der Waals surface area contributed by atoms with E-state index in [1.165, 1.54) is 5.56 Å². The molecule has 3 aromatic rings. The maximum Gasteiger partial charge on any atom is 0.271 e. The van der Waals surface area contributed by atoms with E-state index in [1.54, 1.807) is 41.8 Å². The van der Waals surface area contributed by atoms with Gasteiger partial charge in [0.2, 0.25) is 0 Å². The van der Waals surface area contributed by atoms with Crippen molar-refractivity contribution in [1.29, 1.82) is 0 Å². The van der Waals surface area contributed by atoms with Gasteiger partial charge in [0, 0.05) is 11.3 Å². The van der Waals surface area contributed by atoms with Gasteiger partial charge < -0.3 is 5.32 Å². The summed E-state index contributed by atoms with van der Waals surface area (Å²) in [5, 5.41) is 4.69. The molecule has 1 heterocycles. The Labute approximate surface area is 169 Å². The van der Waals surface area contributed by atoms with Crippen LogP contribution in [0.15, 0.2) is 64.2 Å². The second-order valence-corrected chi connectivity index (χ2v) is 9.53. The maximum absolute atomic E-state index is 12.5. The first kappa shape index (κ1) is 20.1. The summed E-state index contributed by atoms with van der Waals surface area (Å²) in [4.78, 5) is 12.5. The molecule has 0 spiro atoms. The molecule has 5 nitrogen and oxygen atoms in total. The van der Waals surface area contributed by atoms with Crippen molar-refractivity contribution in [3.8, 4) is 0 Å². The van der Waals surface area contributed by atoms with Crippen molar-refractivity contribution in [2.45, 2.75) is 31.0 Å². The van der Waals surface area contributed by atoms with E-state index in [-0.39, 0.29) is 16.2 Å². The number of thiophene rings is 1. The van der Waals surface area contributed by atoms with Gasteiger partial charge in [-0.05, 0) is 67.6 Å². The molecule has 0 fully saturated rings. The minimum Gasteiger partial charge on any atom is -0.346 e. The lowest BCUT2D eigenvalue weighted by Gasteiger charge is -2.17. The standard InChI is InChI=1S/C21H22N2O3S2/c1-14-6-11-19(15(2)13-14)16(3)22-21(24)17-7-9-18(10-8-17)23-28(25,26)20-5-4-12-27-20/h4-13,16,23H,1-3H3,(H,22,24). The molecule has 0 saturated heterocycles. The highest BCUT2D eigenvalue weighted by atomic mass is 32.2. The summed E-state index contributed by atoms with van der Waals surface area (Å²) in [6, 6.07) is 15.6. The zero-order chi connectivity index (χ0) is 20.3. The summed E-state index contributed by atoms with van der Waals surface area (Å²) in [5.41, 5.74) is 4.26. The number of rotatable bonds is 6. The van der Waals surface area contributed by atoms with Gasteiger partial charge in [-0.2, -0.15) is 0 Å². The fourth-order valence-corrected chi connectivity index (χ4v) is 5.03. The van der Waals surface area contributed by atoms with E-state index in [0.29, 0.717) is 11.3 Å². The van der Waals surface area contributed by atoms with E-state index in [2.05, 4.69) is 16.1 Å². The number of amides is 1. The molecular formula is C21H22N2O3S2. The lowest BCUT2D eigenvalue weighted by molar-refractivity contribution is 0.0940. The fourth-order valence-electron chi connectivity index (χ4n) is 2.98. The van der Waals surface area contributed by atoms with Crippen LogP contribution < -0.4 is 10.0 Å². The summed E-state index contributed by atoms with van der Waals surface area (Å²) in [7, 11) is -3.60. The normalized spacial score (nSPS) is 12.4. The largest absolute Gasteiger partial charge is 0.346 e. The van der Waals surface area contributed by atoms with Gasteiger partial charge in [0.1, 0.15) is 4.21 Å². The third-order valence-corrected chi connectivity index (χ3v) is 7.18. The number of hydrogen-bond acceptors (Lipinski definition) is 4. The topological polar surface area (TPSA) is 75.3 Å². The number of benzene rings is 2. The van der Waals surface area contributed by atoms with Crippen LogP contribution >= 0.6 is 11.3 Å². The molecule has 0 radical (unpaired) electrons. The average molecular weight is 415 g/mol. The number of aryl methyl sites for hydroxylation is 2. The molecule has 1 unspecified atom stereocenters. The Bertz CT molecular complexity index is 1070. The number of nitrogens with one attached hydrogen (secondary N) is 2. The Hall–Kier alpha value is -2.64. The molecule has 0 aliphatic rings. The van der Waals surface area contributed by atoms with Crippen LogP contribution in [0.4, 0.5) is 5.69 Å². The van der Waals surface area contributed by atoms with Crippen molar-refractivity contribution >= 4 is 33.0 Å². The average Bonchev–Trinajstić information content (AvgIpc) is 3.17. The monoisotopic (exact) mass is 414 g/mol. The molecule has 0 bridgehead atoms. The van der Waals surface area contributed by atoms with E-state index < -0.39 is 10.0 Å². The highest BCUT2D eigenvalue weighted by Crippen LogP contribution is 2.22. The van der Waals surface area contributed by atoms with E-state index in [1.807, 2.05) is 32.9 Å². The number of sulfonamides is 1. The molecular weight excluding hydrogens is 392 g/mol. The Morgan fingerprint density at radius 1 is 1.04 bits per heavy atom. The molecule has 1 atom stereocenters. The van der Waals surface area contributed by atoms with E-state index >= 15 is 0 Å². The first-order valence-corrected chi connectivity index (χ1v) is 11.2. The molecule has 2 aromatic carbocycles. The summed E-state index contributed by atoms with van der Waals surface area (Å²) in [5.74, 6) is -0.208. The smallest absolute Gasteiger partial charge is 0.271 e. The van der Waals surface area contributed by atoms with Gasteiger partial charge in [0.05, 0.1) is 6.04 Å². The fraction of sp³-hybridized carbons (Fsp3) is 0.190. The van der Waals surface area contributed by atoms with Gasteiger partial charge >= 0.3 is 0 Å². The second kappa shape index (κ2) is 8.16. The van der Waals surface area contributed by atoms with Gasteiger partial charge in [0.15, 0.2) is 0 Å².